The van der Waals surface area contributed by atoms with Gasteiger partial charge in [-0.1, -0.05) is 11.6 Å². The topological polar surface area (TPSA) is 15.3 Å². The number of hydrogen-bond donors (Lipinski definition) is 1. The molecule has 0 saturated carbocycles. The lowest BCUT2D eigenvalue weighted by Crippen LogP contribution is -2.51. The van der Waals surface area contributed by atoms with Crippen LogP contribution in [0.15, 0.2) is 11.6 Å². The number of rotatable bonds is 3. The maximum atomic E-state index is 3.40. The predicted molar refractivity (Wildman–Crippen MR) is 66.0 cm³/mol. The molecule has 1 aliphatic heterocycles. The molecule has 82 valence electrons. The van der Waals surface area contributed by atoms with E-state index in [0.717, 1.165) is 0 Å². The monoisotopic (exact) mass is 214 g/mol. The molecule has 0 aromatic carbocycles. The molecule has 1 aliphatic rings. The molecule has 1 rings (SSSR count). The Kier molecular flexibility index (Phi) is 4.99. The molecular weight excluding hydrogens is 192 g/mol. The SMILES string of the molecule is CNC(C=C(C)C)C1CSCCN1C. The maximum absolute atomic E-state index is 3.40. The van der Waals surface area contributed by atoms with Gasteiger partial charge < -0.3 is 5.32 Å². The first-order valence-corrected chi connectivity index (χ1v) is 6.41. The third-order valence-corrected chi connectivity index (χ3v) is 3.75. The lowest BCUT2D eigenvalue weighted by atomic mass is 10.1. The summed E-state index contributed by atoms with van der Waals surface area (Å²) in [7, 11) is 4.28. The molecule has 0 aliphatic carbocycles. The summed E-state index contributed by atoms with van der Waals surface area (Å²) in [5.74, 6) is 2.52. The minimum Gasteiger partial charge on any atom is -0.312 e. The number of hydrogen-bond acceptors (Lipinski definition) is 3. The van der Waals surface area contributed by atoms with Gasteiger partial charge in [0.1, 0.15) is 0 Å². The van der Waals surface area contributed by atoms with Crippen molar-refractivity contribution in [1.82, 2.24) is 10.2 Å². The minimum absolute atomic E-state index is 0.498. The summed E-state index contributed by atoms with van der Waals surface area (Å²) in [5.41, 5.74) is 1.40. The fourth-order valence-electron chi connectivity index (χ4n) is 1.83. The second-order valence-electron chi connectivity index (χ2n) is 4.18. The van der Waals surface area contributed by atoms with Gasteiger partial charge in [-0.15, -0.1) is 0 Å². The van der Waals surface area contributed by atoms with E-state index in [2.05, 4.69) is 56.0 Å². The van der Waals surface area contributed by atoms with Crippen LogP contribution in [0.5, 0.6) is 0 Å². The molecule has 0 aromatic heterocycles. The van der Waals surface area contributed by atoms with E-state index in [1.165, 1.54) is 23.6 Å². The van der Waals surface area contributed by atoms with E-state index in [1.54, 1.807) is 0 Å². The van der Waals surface area contributed by atoms with Crippen LogP contribution in [-0.4, -0.2) is 49.1 Å². The quantitative estimate of drug-likeness (QED) is 0.718. The summed E-state index contributed by atoms with van der Waals surface area (Å²) in [6.45, 7) is 5.55. The Bertz CT molecular complexity index is 199. The van der Waals surface area contributed by atoms with Gasteiger partial charge in [-0.2, -0.15) is 11.8 Å². The lowest BCUT2D eigenvalue weighted by Gasteiger charge is -2.36. The molecular formula is C11H22N2S. The molecule has 2 unspecified atom stereocenters. The molecule has 1 heterocycles. The van der Waals surface area contributed by atoms with Crippen molar-refractivity contribution in [3.63, 3.8) is 0 Å². The van der Waals surface area contributed by atoms with Crippen molar-refractivity contribution in [2.24, 2.45) is 0 Å². The molecule has 0 spiro atoms. The molecule has 14 heavy (non-hydrogen) atoms. The van der Waals surface area contributed by atoms with Crippen molar-refractivity contribution in [2.45, 2.75) is 25.9 Å². The van der Waals surface area contributed by atoms with Gasteiger partial charge in [0.05, 0.1) is 0 Å². The fraction of sp³-hybridized carbons (Fsp3) is 0.818. The summed E-state index contributed by atoms with van der Waals surface area (Å²) < 4.78 is 0. The first-order chi connectivity index (χ1) is 6.65. The molecule has 3 heteroatoms. The van der Waals surface area contributed by atoms with Gasteiger partial charge in [-0.25, -0.2) is 0 Å². The van der Waals surface area contributed by atoms with Gasteiger partial charge in [0.2, 0.25) is 0 Å². The van der Waals surface area contributed by atoms with Crippen molar-refractivity contribution in [1.29, 1.82) is 0 Å². The Balaban J connectivity index is 2.62. The molecule has 0 radical (unpaired) electrons. The van der Waals surface area contributed by atoms with Gasteiger partial charge in [0.15, 0.2) is 0 Å². The number of allylic oxidation sites excluding steroid dienone is 1. The number of thioether (sulfide) groups is 1. The Morgan fingerprint density at radius 2 is 2.29 bits per heavy atom. The Morgan fingerprint density at radius 1 is 1.57 bits per heavy atom. The maximum Gasteiger partial charge on any atom is 0.0415 e. The third kappa shape index (κ3) is 3.30. The smallest absolute Gasteiger partial charge is 0.0415 e. The molecule has 0 aromatic rings. The van der Waals surface area contributed by atoms with E-state index in [9.17, 15) is 0 Å². The average Bonchev–Trinajstić information content (AvgIpc) is 2.15. The van der Waals surface area contributed by atoms with Crippen molar-refractivity contribution in [3.8, 4) is 0 Å². The number of likely N-dealkylation sites (N-methyl/N-ethyl adjacent to an activating group) is 2. The van der Waals surface area contributed by atoms with Crippen LogP contribution in [0.1, 0.15) is 13.8 Å². The van der Waals surface area contributed by atoms with Crippen LogP contribution < -0.4 is 5.32 Å². The van der Waals surface area contributed by atoms with E-state index in [0.29, 0.717) is 12.1 Å². The first kappa shape index (κ1) is 12.1. The molecule has 2 atom stereocenters. The van der Waals surface area contributed by atoms with Crippen molar-refractivity contribution in [3.05, 3.63) is 11.6 Å². The number of nitrogens with one attached hydrogen (secondary N) is 1. The zero-order valence-electron chi connectivity index (χ0n) is 9.71. The molecule has 2 nitrogen and oxygen atoms in total. The number of nitrogens with zero attached hydrogens (tertiary/aromatic N) is 1. The average molecular weight is 214 g/mol. The summed E-state index contributed by atoms with van der Waals surface area (Å²) >= 11 is 2.07. The van der Waals surface area contributed by atoms with Crippen LogP contribution in [0.4, 0.5) is 0 Å². The normalized spacial score (nSPS) is 25.9. The van der Waals surface area contributed by atoms with Crippen LogP contribution in [0.25, 0.3) is 0 Å². The van der Waals surface area contributed by atoms with Crippen LogP contribution in [-0.2, 0) is 0 Å². The molecule has 1 N–H and O–H groups in total. The van der Waals surface area contributed by atoms with Gasteiger partial charge >= 0.3 is 0 Å². The first-order valence-electron chi connectivity index (χ1n) is 5.25. The Hall–Kier alpha value is 0.01000. The predicted octanol–water partition coefficient (Wildman–Crippen LogP) is 1.59. The van der Waals surface area contributed by atoms with E-state index in [-0.39, 0.29) is 0 Å². The Morgan fingerprint density at radius 3 is 2.79 bits per heavy atom. The summed E-state index contributed by atoms with van der Waals surface area (Å²) in [4.78, 5) is 2.47. The van der Waals surface area contributed by atoms with Gasteiger partial charge in [-0.05, 0) is 27.9 Å². The lowest BCUT2D eigenvalue weighted by molar-refractivity contribution is 0.239. The van der Waals surface area contributed by atoms with Crippen molar-refractivity contribution >= 4 is 11.8 Å². The highest BCUT2D eigenvalue weighted by atomic mass is 32.2. The third-order valence-electron chi connectivity index (χ3n) is 2.70. The van der Waals surface area contributed by atoms with E-state index >= 15 is 0 Å². The van der Waals surface area contributed by atoms with Crippen LogP contribution in [0.2, 0.25) is 0 Å². The summed E-state index contributed by atoms with van der Waals surface area (Å²) in [6.07, 6.45) is 2.34. The standard InChI is InChI=1S/C11H22N2S/c1-9(2)7-10(12-3)11-8-14-6-5-13(11)4/h7,10-12H,5-6,8H2,1-4H3. The summed E-state index contributed by atoms with van der Waals surface area (Å²) in [5, 5.41) is 3.40. The second kappa shape index (κ2) is 5.79. The van der Waals surface area contributed by atoms with E-state index < -0.39 is 0 Å². The Labute approximate surface area is 92.1 Å². The highest BCUT2D eigenvalue weighted by Crippen LogP contribution is 2.18. The van der Waals surface area contributed by atoms with E-state index in [1.807, 2.05) is 0 Å². The highest BCUT2D eigenvalue weighted by molar-refractivity contribution is 7.99. The largest absolute Gasteiger partial charge is 0.312 e. The molecule has 1 fully saturated rings. The molecule has 0 amide bonds. The van der Waals surface area contributed by atoms with Gasteiger partial charge in [-0.3, -0.25) is 4.90 Å². The van der Waals surface area contributed by atoms with Crippen molar-refractivity contribution in [2.75, 3.05) is 32.1 Å². The van der Waals surface area contributed by atoms with Gasteiger partial charge in [0, 0.05) is 30.1 Å². The molecule has 1 saturated heterocycles. The second-order valence-corrected chi connectivity index (χ2v) is 5.33. The van der Waals surface area contributed by atoms with Crippen LogP contribution in [0.3, 0.4) is 0 Å². The van der Waals surface area contributed by atoms with Gasteiger partial charge in [0.25, 0.3) is 0 Å². The highest BCUT2D eigenvalue weighted by Gasteiger charge is 2.25. The zero-order chi connectivity index (χ0) is 10.6. The van der Waals surface area contributed by atoms with Crippen LogP contribution in [0, 0.1) is 0 Å². The zero-order valence-corrected chi connectivity index (χ0v) is 10.5. The van der Waals surface area contributed by atoms with E-state index in [4.69, 9.17) is 0 Å². The van der Waals surface area contributed by atoms with Crippen LogP contribution >= 0.6 is 11.8 Å². The minimum atomic E-state index is 0.498. The fourth-order valence-corrected chi connectivity index (χ4v) is 3.12. The van der Waals surface area contributed by atoms with Crippen molar-refractivity contribution < 1.29 is 0 Å². The molecule has 0 bridgehead atoms. The summed E-state index contributed by atoms with van der Waals surface area (Å²) in [6, 6.07) is 1.14.